The van der Waals surface area contributed by atoms with E-state index in [1.54, 1.807) is 0 Å². The lowest BCUT2D eigenvalue weighted by atomic mass is 9.87. The van der Waals surface area contributed by atoms with E-state index in [-0.39, 0.29) is 11.3 Å². The second-order valence-electron chi connectivity index (χ2n) is 7.85. The van der Waals surface area contributed by atoms with Gasteiger partial charge in [0.1, 0.15) is 5.75 Å². The summed E-state index contributed by atoms with van der Waals surface area (Å²) in [6.45, 7) is 8.71. The van der Waals surface area contributed by atoms with Gasteiger partial charge in [-0.05, 0) is 45.5 Å². The van der Waals surface area contributed by atoms with Crippen LogP contribution in [0.5, 0.6) is 5.75 Å². The molecule has 0 radical (unpaired) electrons. The summed E-state index contributed by atoms with van der Waals surface area (Å²) >= 11 is 3.57. The SMILES string of the molecule is CC(C)(C)c1ccc(OCCCC(=O)Nc2n[nH]c3c2CNCC3)c(Br)c1. The number of nitrogens with one attached hydrogen (secondary N) is 3. The van der Waals surface area contributed by atoms with E-state index in [4.69, 9.17) is 4.74 Å². The van der Waals surface area contributed by atoms with Gasteiger partial charge >= 0.3 is 0 Å². The summed E-state index contributed by atoms with van der Waals surface area (Å²) in [5.41, 5.74) is 3.52. The molecule has 1 aromatic heterocycles. The number of anilines is 1. The summed E-state index contributed by atoms with van der Waals surface area (Å²) in [4.78, 5) is 12.2. The van der Waals surface area contributed by atoms with E-state index in [0.29, 0.717) is 25.3 Å². The molecule has 0 bridgehead atoms. The van der Waals surface area contributed by atoms with Gasteiger partial charge in [0.05, 0.1) is 11.1 Å². The average molecular weight is 435 g/mol. The number of aromatic amines is 1. The number of amides is 1. The van der Waals surface area contributed by atoms with Crippen LogP contribution in [-0.2, 0) is 23.2 Å². The molecule has 0 unspecified atom stereocenters. The Morgan fingerprint density at radius 3 is 2.93 bits per heavy atom. The summed E-state index contributed by atoms with van der Waals surface area (Å²) in [6.07, 6.45) is 1.95. The third-order valence-electron chi connectivity index (χ3n) is 4.67. The van der Waals surface area contributed by atoms with Crippen molar-refractivity contribution in [2.45, 2.75) is 52.0 Å². The lowest BCUT2D eigenvalue weighted by Crippen LogP contribution is -2.24. The van der Waals surface area contributed by atoms with Crippen LogP contribution in [0.1, 0.15) is 50.4 Å². The smallest absolute Gasteiger partial charge is 0.225 e. The molecule has 2 aromatic rings. The predicted molar refractivity (Wildman–Crippen MR) is 110 cm³/mol. The number of aromatic nitrogens is 2. The number of hydrogen-bond acceptors (Lipinski definition) is 4. The molecule has 1 amide bonds. The normalized spacial score (nSPS) is 13.9. The highest BCUT2D eigenvalue weighted by molar-refractivity contribution is 9.10. The first-order chi connectivity index (χ1) is 12.8. The van der Waals surface area contributed by atoms with Crippen LogP contribution in [0.15, 0.2) is 22.7 Å². The molecular weight excluding hydrogens is 408 g/mol. The second kappa shape index (κ2) is 8.44. The zero-order valence-corrected chi connectivity index (χ0v) is 17.7. The number of carbonyl (C=O) groups is 1. The van der Waals surface area contributed by atoms with Crippen LogP contribution < -0.4 is 15.4 Å². The van der Waals surface area contributed by atoms with Crippen LogP contribution in [0.25, 0.3) is 0 Å². The van der Waals surface area contributed by atoms with Crippen molar-refractivity contribution in [3.63, 3.8) is 0 Å². The van der Waals surface area contributed by atoms with Crippen molar-refractivity contribution < 1.29 is 9.53 Å². The van der Waals surface area contributed by atoms with Gasteiger partial charge in [-0.25, -0.2) is 0 Å². The highest BCUT2D eigenvalue weighted by Gasteiger charge is 2.18. The summed E-state index contributed by atoms with van der Waals surface area (Å²) < 4.78 is 6.76. The highest BCUT2D eigenvalue weighted by atomic mass is 79.9. The summed E-state index contributed by atoms with van der Waals surface area (Å²) in [7, 11) is 0. The van der Waals surface area contributed by atoms with Crippen LogP contribution in [0.3, 0.4) is 0 Å². The van der Waals surface area contributed by atoms with E-state index >= 15 is 0 Å². The molecule has 0 spiro atoms. The molecule has 146 valence electrons. The molecule has 0 saturated carbocycles. The van der Waals surface area contributed by atoms with Gasteiger partial charge in [-0.1, -0.05) is 26.8 Å². The van der Waals surface area contributed by atoms with Crippen LogP contribution in [0.4, 0.5) is 5.82 Å². The zero-order chi connectivity index (χ0) is 19.4. The van der Waals surface area contributed by atoms with E-state index in [9.17, 15) is 4.79 Å². The van der Waals surface area contributed by atoms with Crippen molar-refractivity contribution in [2.24, 2.45) is 0 Å². The minimum absolute atomic E-state index is 0.0411. The van der Waals surface area contributed by atoms with Crippen LogP contribution in [0.2, 0.25) is 0 Å². The first-order valence-corrected chi connectivity index (χ1v) is 10.1. The molecule has 2 heterocycles. The van der Waals surface area contributed by atoms with E-state index in [2.05, 4.69) is 69.7 Å². The maximum absolute atomic E-state index is 12.2. The van der Waals surface area contributed by atoms with Crippen LogP contribution in [-0.4, -0.2) is 29.3 Å². The first kappa shape index (κ1) is 19.9. The van der Waals surface area contributed by atoms with Crippen LogP contribution >= 0.6 is 15.9 Å². The maximum Gasteiger partial charge on any atom is 0.225 e. The topological polar surface area (TPSA) is 79.0 Å². The fourth-order valence-corrected chi connectivity index (χ4v) is 3.52. The van der Waals surface area contributed by atoms with Crippen LogP contribution in [0, 0.1) is 0 Å². The van der Waals surface area contributed by atoms with Crippen molar-refractivity contribution in [1.82, 2.24) is 15.5 Å². The van der Waals surface area contributed by atoms with Crippen molar-refractivity contribution in [3.8, 4) is 5.75 Å². The maximum atomic E-state index is 12.2. The number of benzene rings is 1. The minimum atomic E-state index is -0.0411. The number of carbonyl (C=O) groups excluding carboxylic acids is 1. The molecule has 27 heavy (non-hydrogen) atoms. The molecule has 0 saturated heterocycles. The molecule has 0 fully saturated rings. The molecule has 1 aromatic carbocycles. The number of H-pyrrole nitrogens is 1. The van der Waals surface area contributed by atoms with Gasteiger partial charge in [-0.2, -0.15) is 5.10 Å². The molecular formula is C20H27BrN4O2. The quantitative estimate of drug-likeness (QED) is 0.602. The Morgan fingerprint density at radius 2 is 2.19 bits per heavy atom. The van der Waals surface area contributed by atoms with Crippen molar-refractivity contribution in [2.75, 3.05) is 18.5 Å². The molecule has 7 heteroatoms. The minimum Gasteiger partial charge on any atom is -0.492 e. The molecule has 0 atom stereocenters. The fraction of sp³-hybridized carbons (Fsp3) is 0.500. The predicted octanol–water partition coefficient (Wildman–Crippen LogP) is 3.91. The Kier molecular flexibility index (Phi) is 6.22. The van der Waals surface area contributed by atoms with Crippen molar-refractivity contribution in [3.05, 3.63) is 39.5 Å². The summed E-state index contributed by atoms with van der Waals surface area (Å²) in [5.74, 6) is 1.40. The number of hydrogen-bond donors (Lipinski definition) is 3. The Hall–Kier alpha value is -1.86. The van der Waals surface area contributed by atoms with Gasteiger partial charge in [0.25, 0.3) is 0 Å². The third kappa shape index (κ3) is 5.11. The summed E-state index contributed by atoms with van der Waals surface area (Å²) in [6, 6.07) is 6.16. The number of rotatable bonds is 6. The lowest BCUT2D eigenvalue weighted by Gasteiger charge is -2.20. The zero-order valence-electron chi connectivity index (χ0n) is 16.1. The third-order valence-corrected chi connectivity index (χ3v) is 5.29. The van der Waals surface area contributed by atoms with Crippen molar-refractivity contribution >= 4 is 27.7 Å². The molecule has 3 N–H and O–H groups in total. The molecule has 6 nitrogen and oxygen atoms in total. The number of ether oxygens (including phenoxy) is 1. The second-order valence-corrected chi connectivity index (χ2v) is 8.71. The van der Waals surface area contributed by atoms with E-state index in [1.807, 2.05) is 6.07 Å². The lowest BCUT2D eigenvalue weighted by molar-refractivity contribution is -0.116. The Morgan fingerprint density at radius 1 is 1.37 bits per heavy atom. The van der Waals surface area contributed by atoms with E-state index < -0.39 is 0 Å². The molecule has 3 rings (SSSR count). The Balaban J connectivity index is 1.45. The van der Waals surface area contributed by atoms with Gasteiger partial charge in [0, 0.05) is 37.2 Å². The summed E-state index contributed by atoms with van der Waals surface area (Å²) in [5, 5.41) is 13.4. The highest BCUT2D eigenvalue weighted by Crippen LogP contribution is 2.31. The average Bonchev–Trinajstić information content (AvgIpc) is 3.02. The number of nitrogens with zero attached hydrogens (tertiary/aromatic N) is 1. The monoisotopic (exact) mass is 434 g/mol. The van der Waals surface area contributed by atoms with Gasteiger partial charge in [-0.3, -0.25) is 9.89 Å². The Labute approximate surface area is 168 Å². The van der Waals surface area contributed by atoms with E-state index in [0.717, 1.165) is 41.0 Å². The molecule has 0 aliphatic carbocycles. The fourth-order valence-electron chi connectivity index (χ4n) is 3.02. The van der Waals surface area contributed by atoms with Gasteiger partial charge in [0.2, 0.25) is 5.91 Å². The largest absolute Gasteiger partial charge is 0.492 e. The van der Waals surface area contributed by atoms with Crippen molar-refractivity contribution in [1.29, 1.82) is 0 Å². The standard InChI is InChI=1S/C20H27BrN4O2/c1-20(2,3)13-6-7-17(15(21)11-13)27-10-4-5-18(26)23-19-14-12-22-9-8-16(14)24-25-19/h6-7,11,22H,4-5,8-10,12H2,1-3H3,(H2,23,24,25,26). The molecule has 1 aliphatic heterocycles. The molecule has 1 aliphatic rings. The van der Waals surface area contributed by atoms with Gasteiger partial charge < -0.3 is 15.4 Å². The van der Waals surface area contributed by atoms with E-state index in [1.165, 1.54) is 5.56 Å². The van der Waals surface area contributed by atoms with Gasteiger partial charge in [0.15, 0.2) is 5.82 Å². The van der Waals surface area contributed by atoms with Gasteiger partial charge in [-0.15, -0.1) is 0 Å². The number of halogens is 1. The first-order valence-electron chi connectivity index (χ1n) is 9.34. The number of fused-ring (bicyclic) bond motifs is 1. The Bertz CT molecular complexity index is 811.